The molecule has 6 nitrogen and oxygen atoms in total. The molecule has 0 unspecified atom stereocenters. The van der Waals surface area contributed by atoms with Gasteiger partial charge in [-0.2, -0.15) is 5.26 Å². The summed E-state index contributed by atoms with van der Waals surface area (Å²) in [7, 11) is -3.73. The summed E-state index contributed by atoms with van der Waals surface area (Å²) in [6.07, 6.45) is 1.39. The number of benzene rings is 1. The maximum Gasteiger partial charge on any atom is 0.263 e. The molecule has 0 aliphatic heterocycles. The van der Waals surface area contributed by atoms with Crippen LogP contribution in [0.15, 0.2) is 41.4 Å². The number of pyridine rings is 1. The van der Waals surface area contributed by atoms with Gasteiger partial charge >= 0.3 is 0 Å². The maximum absolute atomic E-state index is 12.1. The van der Waals surface area contributed by atoms with E-state index in [1.165, 1.54) is 30.5 Å². The number of nitriles is 1. The Hall–Kier alpha value is -2.59. The largest absolute Gasteiger partial charge is 0.397 e. The van der Waals surface area contributed by atoms with E-state index in [2.05, 4.69) is 9.71 Å². The molecule has 1 aromatic heterocycles. The highest BCUT2D eigenvalue weighted by molar-refractivity contribution is 7.92. The minimum absolute atomic E-state index is 0.0628. The van der Waals surface area contributed by atoms with Gasteiger partial charge in [0.1, 0.15) is 5.82 Å². The average Bonchev–Trinajstić information content (AvgIpc) is 2.43. The van der Waals surface area contributed by atoms with E-state index in [1.54, 1.807) is 13.0 Å². The van der Waals surface area contributed by atoms with Crippen molar-refractivity contribution in [2.75, 3.05) is 10.5 Å². The summed E-state index contributed by atoms with van der Waals surface area (Å²) in [6.45, 7) is 1.76. The van der Waals surface area contributed by atoms with Crippen molar-refractivity contribution in [1.29, 1.82) is 5.26 Å². The van der Waals surface area contributed by atoms with E-state index in [9.17, 15) is 8.42 Å². The number of anilines is 2. The first-order valence-corrected chi connectivity index (χ1v) is 7.16. The molecule has 102 valence electrons. The zero-order valence-corrected chi connectivity index (χ0v) is 11.5. The van der Waals surface area contributed by atoms with Crippen LogP contribution in [-0.2, 0) is 10.0 Å². The smallest absolute Gasteiger partial charge is 0.263 e. The number of nitrogens with two attached hydrogens (primary N) is 1. The Kier molecular flexibility index (Phi) is 3.59. The van der Waals surface area contributed by atoms with Crippen LogP contribution in [0.25, 0.3) is 0 Å². The third-order valence-electron chi connectivity index (χ3n) is 2.68. The van der Waals surface area contributed by atoms with Gasteiger partial charge in [-0.05, 0) is 42.8 Å². The summed E-state index contributed by atoms with van der Waals surface area (Å²) in [5, 5.41) is 8.69. The van der Waals surface area contributed by atoms with Gasteiger partial charge in [0.25, 0.3) is 10.0 Å². The molecule has 0 bridgehead atoms. The van der Waals surface area contributed by atoms with Gasteiger partial charge in [0, 0.05) is 0 Å². The molecular formula is C13H12N4O2S. The number of nitrogens with zero attached hydrogens (tertiary/aromatic N) is 2. The molecule has 0 saturated carbocycles. The fraction of sp³-hybridized carbons (Fsp3) is 0.0769. The van der Waals surface area contributed by atoms with E-state index < -0.39 is 10.0 Å². The first kappa shape index (κ1) is 13.8. The van der Waals surface area contributed by atoms with Gasteiger partial charge in [-0.15, -0.1) is 0 Å². The Morgan fingerprint density at radius 3 is 2.50 bits per heavy atom. The molecular weight excluding hydrogens is 276 g/mol. The first-order chi connectivity index (χ1) is 9.42. The highest BCUT2D eigenvalue weighted by Gasteiger charge is 2.15. The zero-order valence-electron chi connectivity index (χ0n) is 10.7. The van der Waals surface area contributed by atoms with Crippen LogP contribution in [0.3, 0.4) is 0 Å². The summed E-state index contributed by atoms with van der Waals surface area (Å²) in [6, 6.07) is 9.09. The van der Waals surface area contributed by atoms with Crippen molar-refractivity contribution in [3.05, 3.63) is 47.7 Å². The maximum atomic E-state index is 12.1. The minimum atomic E-state index is -3.73. The van der Waals surface area contributed by atoms with E-state index in [1.807, 2.05) is 6.07 Å². The molecule has 1 heterocycles. The van der Waals surface area contributed by atoms with E-state index in [0.717, 1.165) is 5.56 Å². The van der Waals surface area contributed by atoms with Crippen molar-refractivity contribution in [3.8, 4) is 6.07 Å². The van der Waals surface area contributed by atoms with Crippen LogP contribution in [0.2, 0.25) is 0 Å². The van der Waals surface area contributed by atoms with Crippen molar-refractivity contribution in [3.63, 3.8) is 0 Å². The number of aryl methyl sites for hydroxylation is 1. The van der Waals surface area contributed by atoms with E-state index in [-0.39, 0.29) is 10.7 Å². The number of nitrogen functional groups attached to an aromatic ring is 1. The predicted octanol–water partition coefficient (Wildman–Crippen LogP) is 1.64. The second-order valence-corrected chi connectivity index (χ2v) is 5.85. The van der Waals surface area contributed by atoms with Crippen LogP contribution < -0.4 is 10.5 Å². The van der Waals surface area contributed by atoms with Gasteiger partial charge in [0.2, 0.25) is 0 Å². The zero-order chi connectivity index (χ0) is 14.8. The molecule has 0 saturated heterocycles. The van der Waals surface area contributed by atoms with Gasteiger partial charge in [-0.25, -0.2) is 13.4 Å². The van der Waals surface area contributed by atoms with Crippen LogP contribution in [0.1, 0.15) is 11.1 Å². The molecule has 20 heavy (non-hydrogen) atoms. The number of aromatic nitrogens is 1. The highest BCUT2D eigenvalue weighted by Crippen LogP contribution is 2.18. The molecule has 1 aromatic carbocycles. The standard InChI is InChI=1S/C13H12N4O2S/c1-9-6-13(16-8-12(9)15)17-20(18,19)11-4-2-10(7-14)3-5-11/h2-6,8H,15H2,1H3,(H,16,17). The summed E-state index contributed by atoms with van der Waals surface area (Å²) in [4.78, 5) is 3.98. The van der Waals surface area contributed by atoms with Crippen molar-refractivity contribution in [1.82, 2.24) is 4.98 Å². The molecule has 2 rings (SSSR count). The molecule has 0 amide bonds. The molecule has 0 spiro atoms. The van der Waals surface area contributed by atoms with Crippen LogP contribution >= 0.6 is 0 Å². The third-order valence-corrected chi connectivity index (χ3v) is 4.05. The van der Waals surface area contributed by atoms with E-state index in [4.69, 9.17) is 11.0 Å². The molecule has 0 atom stereocenters. The number of hydrogen-bond acceptors (Lipinski definition) is 5. The Bertz CT molecular complexity index is 777. The quantitative estimate of drug-likeness (QED) is 0.892. The second-order valence-electron chi connectivity index (χ2n) is 4.17. The highest BCUT2D eigenvalue weighted by atomic mass is 32.2. The topological polar surface area (TPSA) is 109 Å². The Morgan fingerprint density at radius 1 is 1.30 bits per heavy atom. The van der Waals surface area contributed by atoms with Crippen LogP contribution in [0.5, 0.6) is 0 Å². The van der Waals surface area contributed by atoms with Crippen molar-refractivity contribution >= 4 is 21.5 Å². The summed E-state index contributed by atoms with van der Waals surface area (Å²) < 4.78 is 26.6. The summed E-state index contributed by atoms with van der Waals surface area (Å²) >= 11 is 0. The van der Waals surface area contributed by atoms with Crippen molar-refractivity contribution in [2.45, 2.75) is 11.8 Å². The summed E-state index contributed by atoms with van der Waals surface area (Å²) in [5.74, 6) is 0.195. The number of sulfonamides is 1. The lowest BCUT2D eigenvalue weighted by atomic mass is 10.2. The lowest BCUT2D eigenvalue weighted by Crippen LogP contribution is -2.14. The Balaban J connectivity index is 2.30. The molecule has 0 aliphatic rings. The molecule has 0 radical (unpaired) electrons. The average molecular weight is 288 g/mol. The van der Waals surface area contributed by atoms with Crippen molar-refractivity contribution < 1.29 is 8.42 Å². The SMILES string of the molecule is Cc1cc(NS(=O)(=O)c2ccc(C#N)cc2)ncc1N. The fourth-order valence-electron chi connectivity index (χ4n) is 1.53. The van der Waals surface area contributed by atoms with Gasteiger partial charge < -0.3 is 5.73 Å². The predicted molar refractivity (Wildman–Crippen MR) is 75.4 cm³/mol. The van der Waals surface area contributed by atoms with Gasteiger partial charge in [0.05, 0.1) is 28.4 Å². The molecule has 0 aliphatic carbocycles. The molecule has 2 aromatic rings. The van der Waals surface area contributed by atoms with E-state index in [0.29, 0.717) is 11.3 Å². The second kappa shape index (κ2) is 5.19. The first-order valence-electron chi connectivity index (χ1n) is 5.67. The van der Waals surface area contributed by atoms with Gasteiger partial charge in [-0.3, -0.25) is 4.72 Å². The number of hydrogen-bond donors (Lipinski definition) is 2. The van der Waals surface area contributed by atoms with Crippen molar-refractivity contribution in [2.24, 2.45) is 0 Å². The fourth-order valence-corrected chi connectivity index (χ4v) is 2.53. The van der Waals surface area contributed by atoms with Gasteiger partial charge in [-0.1, -0.05) is 0 Å². The number of nitrogens with one attached hydrogen (secondary N) is 1. The van der Waals surface area contributed by atoms with E-state index >= 15 is 0 Å². The monoisotopic (exact) mass is 288 g/mol. The van der Waals surface area contributed by atoms with Crippen LogP contribution in [0.4, 0.5) is 11.5 Å². The van der Waals surface area contributed by atoms with Crippen LogP contribution in [-0.4, -0.2) is 13.4 Å². The summed E-state index contributed by atoms with van der Waals surface area (Å²) in [5.41, 5.74) is 7.24. The normalized spacial score (nSPS) is 10.8. The lowest BCUT2D eigenvalue weighted by Gasteiger charge is -2.08. The Morgan fingerprint density at radius 2 is 1.95 bits per heavy atom. The molecule has 0 fully saturated rings. The lowest BCUT2D eigenvalue weighted by molar-refractivity contribution is 0.601. The van der Waals surface area contributed by atoms with Gasteiger partial charge in [0.15, 0.2) is 0 Å². The Labute approximate surface area is 116 Å². The van der Waals surface area contributed by atoms with Crippen LogP contribution in [0, 0.1) is 18.3 Å². The minimum Gasteiger partial charge on any atom is -0.397 e. The third kappa shape index (κ3) is 2.87. The molecule has 3 N–H and O–H groups in total. The number of rotatable bonds is 3. The molecule has 7 heteroatoms.